The second-order valence-corrected chi connectivity index (χ2v) is 5.24. The first-order valence-corrected chi connectivity index (χ1v) is 7.11. The Bertz CT molecular complexity index is 442. The first-order chi connectivity index (χ1) is 8.61. The number of piperidine rings is 1. The lowest BCUT2D eigenvalue weighted by Crippen LogP contribution is -2.38. The molecule has 1 heterocycles. The number of likely N-dealkylation sites (tertiary alicyclic amines) is 1. The molecule has 98 valence electrons. The van der Waals surface area contributed by atoms with E-state index in [-0.39, 0.29) is 23.0 Å². The number of nitrogens with zero attached hydrogens (tertiary/aromatic N) is 1. The van der Waals surface area contributed by atoms with Crippen molar-refractivity contribution < 1.29 is 15.0 Å². The normalized spacial score (nSPS) is 16.8. The molecule has 0 aliphatic carbocycles. The Morgan fingerprint density at radius 2 is 2.00 bits per heavy atom. The average Bonchev–Trinajstić information content (AvgIpc) is 2.38. The fraction of sp³-hybridized carbons (Fsp3) is 0.462. The second kappa shape index (κ2) is 5.61. The highest BCUT2D eigenvalue weighted by Crippen LogP contribution is 2.26. The van der Waals surface area contributed by atoms with Crippen molar-refractivity contribution in [1.82, 2.24) is 4.90 Å². The van der Waals surface area contributed by atoms with Gasteiger partial charge in [-0.15, -0.1) is 0 Å². The number of alkyl halides is 1. The second-order valence-electron chi connectivity index (χ2n) is 4.59. The van der Waals surface area contributed by atoms with Crippen LogP contribution in [0.2, 0.25) is 0 Å². The first kappa shape index (κ1) is 13.2. The molecule has 1 aliphatic rings. The molecule has 0 aromatic heterocycles. The van der Waals surface area contributed by atoms with Gasteiger partial charge in [0.1, 0.15) is 11.5 Å². The van der Waals surface area contributed by atoms with E-state index >= 15 is 0 Å². The van der Waals surface area contributed by atoms with Crippen LogP contribution in [0, 0.1) is 5.92 Å². The fourth-order valence-corrected chi connectivity index (χ4v) is 2.81. The van der Waals surface area contributed by atoms with Crippen molar-refractivity contribution in [2.24, 2.45) is 5.92 Å². The van der Waals surface area contributed by atoms with Gasteiger partial charge in [-0.1, -0.05) is 15.9 Å². The van der Waals surface area contributed by atoms with Crippen molar-refractivity contribution in [3.05, 3.63) is 23.8 Å². The molecular weight excluding hydrogens is 298 g/mol. The molecule has 1 fully saturated rings. The molecule has 1 aromatic rings. The molecule has 1 aliphatic heterocycles. The van der Waals surface area contributed by atoms with E-state index in [1.165, 1.54) is 18.2 Å². The van der Waals surface area contributed by atoms with Crippen molar-refractivity contribution in [2.75, 3.05) is 18.4 Å². The van der Waals surface area contributed by atoms with Crippen LogP contribution in [0.4, 0.5) is 0 Å². The van der Waals surface area contributed by atoms with Crippen molar-refractivity contribution in [1.29, 1.82) is 0 Å². The quantitative estimate of drug-likeness (QED) is 0.824. The van der Waals surface area contributed by atoms with Crippen LogP contribution in [0.25, 0.3) is 0 Å². The van der Waals surface area contributed by atoms with Gasteiger partial charge in [-0.25, -0.2) is 0 Å². The van der Waals surface area contributed by atoms with Crippen molar-refractivity contribution in [3.8, 4) is 11.5 Å². The fourth-order valence-electron chi connectivity index (χ4n) is 2.16. The van der Waals surface area contributed by atoms with Crippen LogP contribution in [0.3, 0.4) is 0 Å². The molecule has 0 spiro atoms. The van der Waals surface area contributed by atoms with Gasteiger partial charge in [0, 0.05) is 24.5 Å². The summed E-state index contributed by atoms with van der Waals surface area (Å²) in [5, 5.41) is 19.9. The number of rotatable bonds is 2. The highest BCUT2D eigenvalue weighted by atomic mass is 79.9. The van der Waals surface area contributed by atoms with E-state index in [1.807, 2.05) is 0 Å². The maximum atomic E-state index is 12.2. The predicted molar refractivity (Wildman–Crippen MR) is 72.2 cm³/mol. The third-order valence-corrected chi connectivity index (χ3v) is 4.25. The number of halogens is 1. The SMILES string of the molecule is O=C(c1ccc(O)cc1O)N1CCC(CBr)CC1. The van der Waals surface area contributed by atoms with Crippen LogP contribution in [0.15, 0.2) is 18.2 Å². The van der Waals surface area contributed by atoms with E-state index in [9.17, 15) is 15.0 Å². The zero-order valence-corrected chi connectivity index (χ0v) is 11.6. The van der Waals surface area contributed by atoms with E-state index < -0.39 is 0 Å². The number of hydrogen-bond acceptors (Lipinski definition) is 3. The van der Waals surface area contributed by atoms with Gasteiger partial charge in [-0.3, -0.25) is 4.79 Å². The van der Waals surface area contributed by atoms with E-state index in [4.69, 9.17) is 0 Å². The molecule has 1 amide bonds. The Morgan fingerprint density at radius 3 is 2.56 bits per heavy atom. The van der Waals surface area contributed by atoms with Crippen LogP contribution >= 0.6 is 15.9 Å². The van der Waals surface area contributed by atoms with Crippen LogP contribution in [0.1, 0.15) is 23.2 Å². The van der Waals surface area contributed by atoms with Crippen LogP contribution in [-0.2, 0) is 0 Å². The van der Waals surface area contributed by atoms with Gasteiger partial charge >= 0.3 is 0 Å². The minimum atomic E-state index is -0.166. The van der Waals surface area contributed by atoms with Gasteiger partial charge in [0.15, 0.2) is 0 Å². The van der Waals surface area contributed by atoms with Crippen molar-refractivity contribution in [2.45, 2.75) is 12.8 Å². The Morgan fingerprint density at radius 1 is 1.33 bits per heavy atom. The molecule has 2 rings (SSSR count). The topological polar surface area (TPSA) is 60.8 Å². The number of amides is 1. The summed E-state index contributed by atoms with van der Waals surface area (Å²) in [6, 6.07) is 4.07. The van der Waals surface area contributed by atoms with Crippen LogP contribution in [-0.4, -0.2) is 39.4 Å². The number of carbonyl (C=O) groups excluding carboxylic acids is 1. The number of aromatic hydroxyl groups is 2. The van der Waals surface area contributed by atoms with Crippen molar-refractivity contribution >= 4 is 21.8 Å². The van der Waals surface area contributed by atoms with Gasteiger partial charge in [0.05, 0.1) is 5.56 Å². The number of phenolic OH excluding ortho intramolecular Hbond substituents is 2. The van der Waals surface area contributed by atoms with Gasteiger partial charge < -0.3 is 15.1 Å². The molecule has 0 bridgehead atoms. The largest absolute Gasteiger partial charge is 0.508 e. The van der Waals surface area contributed by atoms with E-state index in [0.717, 1.165) is 31.3 Å². The smallest absolute Gasteiger partial charge is 0.257 e. The summed E-state index contributed by atoms with van der Waals surface area (Å²) in [5.41, 5.74) is 0.255. The molecule has 0 saturated carbocycles. The number of benzene rings is 1. The summed E-state index contributed by atoms with van der Waals surface area (Å²) in [6.07, 6.45) is 1.96. The highest BCUT2D eigenvalue weighted by Gasteiger charge is 2.24. The Kier molecular flexibility index (Phi) is 4.11. The number of phenols is 2. The predicted octanol–water partition coefficient (Wildman–Crippen LogP) is 2.34. The summed E-state index contributed by atoms with van der Waals surface area (Å²) in [6.45, 7) is 1.44. The van der Waals surface area contributed by atoms with Crippen LogP contribution < -0.4 is 0 Å². The lowest BCUT2D eigenvalue weighted by Gasteiger charge is -2.31. The molecule has 18 heavy (non-hydrogen) atoms. The van der Waals surface area contributed by atoms with E-state index in [2.05, 4.69) is 15.9 Å². The maximum absolute atomic E-state index is 12.2. The van der Waals surface area contributed by atoms with Gasteiger partial charge in [-0.2, -0.15) is 0 Å². The highest BCUT2D eigenvalue weighted by molar-refractivity contribution is 9.09. The molecule has 5 heteroatoms. The molecular formula is C13H16BrNO3. The summed E-state index contributed by atoms with van der Waals surface area (Å²) < 4.78 is 0. The molecule has 4 nitrogen and oxygen atoms in total. The summed E-state index contributed by atoms with van der Waals surface area (Å²) in [4.78, 5) is 14.0. The zero-order valence-electron chi connectivity index (χ0n) is 9.97. The molecule has 0 atom stereocenters. The zero-order chi connectivity index (χ0) is 13.1. The lowest BCUT2D eigenvalue weighted by atomic mass is 9.98. The van der Waals surface area contributed by atoms with Crippen LogP contribution in [0.5, 0.6) is 11.5 Å². The molecule has 0 unspecified atom stereocenters. The third kappa shape index (κ3) is 2.77. The van der Waals surface area contributed by atoms with Gasteiger partial charge in [0.2, 0.25) is 0 Å². The van der Waals surface area contributed by atoms with E-state index in [0.29, 0.717) is 5.92 Å². The van der Waals surface area contributed by atoms with E-state index in [1.54, 1.807) is 4.90 Å². The monoisotopic (exact) mass is 313 g/mol. The Balaban J connectivity index is 2.08. The van der Waals surface area contributed by atoms with Crippen molar-refractivity contribution in [3.63, 3.8) is 0 Å². The molecule has 1 saturated heterocycles. The minimum Gasteiger partial charge on any atom is -0.508 e. The molecule has 1 aromatic carbocycles. The standard InChI is InChI=1S/C13H16BrNO3/c14-8-9-3-5-15(6-4-9)13(18)11-2-1-10(16)7-12(11)17/h1-2,7,9,16-17H,3-6,8H2. The third-order valence-electron chi connectivity index (χ3n) is 3.33. The summed E-state index contributed by atoms with van der Waals surface area (Å²) in [5.74, 6) is 0.257. The first-order valence-electron chi connectivity index (χ1n) is 5.99. The van der Waals surface area contributed by atoms with Gasteiger partial charge in [-0.05, 0) is 30.9 Å². The maximum Gasteiger partial charge on any atom is 0.257 e. The number of hydrogen-bond donors (Lipinski definition) is 2. The summed E-state index contributed by atoms with van der Waals surface area (Å²) in [7, 11) is 0. The molecule has 0 radical (unpaired) electrons. The minimum absolute atomic E-state index is 0.0398. The van der Waals surface area contributed by atoms with Gasteiger partial charge in [0.25, 0.3) is 5.91 Å². The lowest BCUT2D eigenvalue weighted by molar-refractivity contribution is 0.0696. The Labute approximate surface area is 114 Å². The Hall–Kier alpha value is -1.23. The average molecular weight is 314 g/mol. The number of carbonyl (C=O) groups is 1. The molecule has 2 N–H and O–H groups in total. The summed E-state index contributed by atoms with van der Waals surface area (Å²) >= 11 is 3.46.